The van der Waals surface area contributed by atoms with Crippen LogP contribution in [-0.4, -0.2) is 41.4 Å². The van der Waals surface area contributed by atoms with Crippen molar-refractivity contribution in [2.24, 2.45) is 0 Å². The smallest absolute Gasteiger partial charge is 0.248 e. The number of rotatable bonds is 7. The number of carbonyl (C=O) groups excluding carboxylic acids is 1. The Hall–Kier alpha value is -4.39. The predicted octanol–water partition coefficient (Wildman–Crippen LogP) is 5.90. The molecule has 186 valence electrons. The van der Waals surface area contributed by atoms with Crippen LogP contribution >= 0.6 is 11.6 Å². The zero-order chi connectivity index (χ0) is 26.5. The molecule has 0 aliphatic carbocycles. The lowest BCUT2D eigenvalue weighted by atomic mass is 9.97. The lowest BCUT2D eigenvalue weighted by Gasteiger charge is -2.17. The average molecular weight is 519 g/mol. The van der Waals surface area contributed by atoms with Crippen molar-refractivity contribution in [3.05, 3.63) is 89.2 Å². The molecule has 0 aliphatic heterocycles. The van der Waals surface area contributed by atoms with Gasteiger partial charge in [0.2, 0.25) is 5.91 Å². The van der Waals surface area contributed by atoms with Gasteiger partial charge >= 0.3 is 0 Å². The number of nitriles is 1. The summed E-state index contributed by atoms with van der Waals surface area (Å²) in [4.78, 5) is 23.2. The Labute approximate surface area is 217 Å². The molecule has 10 heteroatoms. The van der Waals surface area contributed by atoms with Gasteiger partial charge in [-0.15, -0.1) is 0 Å². The number of amides is 1. The van der Waals surface area contributed by atoms with Crippen LogP contribution in [0.15, 0.2) is 67.0 Å². The molecule has 37 heavy (non-hydrogen) atoms. The normalized spacial score (nSPS) is 11.2. The predicted molar refractivity (Wildman–Crippen MR) is 141 cm³/mol. The van der Waals surface area contributed by atoms with E-state index in [9.17, 15) is 18.8 Å². The molecule has 0 atom stereocenters. The Bertz CT molecular complexity index is 1570. The van der Waals surface area contributed by atoms with E-state index in [4.69, 9.17) is 11.6 Å². The van der Waals surface area contributed by atoms with Crippen LogP contribution in [0.5, 0.6) is 0 Å². The summed E-state index contributed by atoms with van der Waals surface area (Å²) in [5, 5.41) is 15.0. The maximum absolute atomic E-state index is 14.7. The van der Waals surface area contributed by atoms with Crippen LogP contribution in [0.1, 0.15) is 5.56 Å². The molecule has 7 nitrogen and oxygen atoms in total. The molecule has 0 radical (unpaired) electrons. The van der Waals surface area contributed by atoms with Gasteiger partial charge in [0, 0.05) is 23.9 Å². The lowest BCUT2D eigenvalue weighted by molar-refractivity contribution is -0.111. The van der Waals surface area contributed by atoms with Crippen molar-refractivity contribution in [1.29, 1.82) is 5.26 Å². The standard InChI is InChI=1S/C27H21ClF2N6O/c1-36(2)12-4-7-22(37)34-20-11-10-19-24(23(20)17-6-3-5-16(13-17)14-31)27(33-15-32-19)35-21-9-8-18(29)25(28)26(21)30/h3-11,13,15H,12H2,1-2H3,(H,34,37)(H,32,33,35)/b7-4+. The highest BCUT2D eigenvalue weighted by Gasteiger charge is 2.19. The molecule has 4 aromatic rings. The maximum atomic E-state index is 14.7. The first-order valence-corrected chi connectivity index (χ1v) is 11.5. The van der Waals surface area contributed by atoms with E-state index in [0.29, 0.717) is 39.8 Å². The second-order valence-electron chi connectivity index (χ2n) is 8.30. The number of fused-ring (bicyclic) bond motifs is 1. The highest BCUT2D eigenvalue weighted by molar-refractivity contribution is 6.31. The van der Waals surface area contributed by atoms with Crippen molar-refractivity contribution in [3.63, 3.8) is 0 Å². The molecular formula is C27H21ClF2N6O. The summed E-state index contributed by atoms with van der Waals surface area (Å²) in [6, 6.07) is 14.6. The lowest BCUT2D eigenvalue weighted by Crippen LogP contribution is -2.13. The van der Waals surface area contributed by atoms with Crippen LogP contribution in [0.3, 0.4) is 0 Å². The van der Waals surface area contributed by atoms with Gasteiger partial charge in [-0.1, -0.05) is 29.8 Å². The molecule has 0 fully saturated rings. The topological polar surface area (TPSA) is 93.9 Å². The number of aromatic nitrogens is 2. The fourth-order valence-electron chi connectivity index (χ4n) is 3.69. The van der Waals surface area contributed by atoms with Crippen molar-refractivity contribution in [3.8, 4) is 17.2 Å². The molecule has 0 saturated carbocycles. The van der Waals surface area contributed by atoms with Gasteiger partial charge in [0.05, 0.1) is 28.2 Å². The molecule has 0 bridgehead atoms. The van der Waals surface area contributed by atoms with Crippen molar-refractivity contribution in [2.75, 3.05) is 31.3 Å². The minimum atomic E-state index is -0.975. The molecule has 0 unspecified atom stereocenters. The van der Waals surface area contributed by atoms with Gasteiger partial charge in [-0.25, -0.2) is 18.7 Å². The first-order valence-electron chi connectivity index (χ1n) is 11.1. The highest BCUT2D eigenvalue weighted by Crippen LogP contribution is 2.40. The van der Waals surface area contributed by atoms with Gasteiger partial charge in [0.25, 0.3) is 0 Å². The van der Waals surface area contributed by atoms with E-state index >= 15 is 0 Å². The van der Waals surface area contributed by atoms with Gasteiger partial charge in [-0.05, 0) is 56.1 Å². The van der Waals surface area contributed by atoms with E-state index in [0.717, 1.165) is 6.07 Å². The van der Waals surface area contributed by atoms with Gasteiger partial charge in [-0.2, -0.15) is 5.26 Å². The van der Waals surface area contributed by atoms with Crippen LogP contribution in [-0.2, 0) is 4.79 Å². The molecule has 0 aliphatic rings. The number of likely N-dealkylation sites (N-methyl/N-ethyl adjacent to an activating group) is 1. The molecule has 1 amide bonds. The van der Waals surface area contributed by atoms with E-state index in [-0.39, 0.29) is 17.4 Å². The number of nitrogens with one attached hydrogen (secondary N) is 2. The Balaban J connectivity index is 1.90. The van der Waals surface area contributed by atoms with Gasteiger partial charge in [-0.3, -0.25) is 4.79 Å². The minimum absolute atomic E-state index is 0.0933. The molecule has 0 saturated heterocycles. The largest absolute Gasteiger partial charge is 0.337 e. The van der Waals surface area contributed by atoms with E-state index in [2.05, 4.69) is 26.7 Å². The number of nitrogens with zero attached hydrogens (tertiary/aromatic N) is 4. The first kappa shape index (κ1) is 25.7. The minimum Gasteiger partial charge on any atom is -0.337 e. The van der Waals surface area contributed by atoms with Crippen molar-refractivity contribution < 1.29 is 13.6 Å². The number of anilines is 3. The zero-order valence-corrected chi connectivity index (χ0v) is 20.6. The molecule has 1 aromatic heterocycles. The van der Waals surface area contributed by atoms with Crippen molar-refractivity contribution in [2.45, 2.75) is 0 Å². The number of hydrogen-bond acceptors (Lipinski definition) is 6. The Morgan fingerprint density at radius 2 is 1.92 bits per heavy atom. The third kappa shape index (κ3) is 5.72. The third-order valence-corrected chi connectivity index (χ3v) is 5.72. The number of hydrogen-bond donors (Lipinski definition) is 2. The van der Waals surface area contributed by atoms with Crippen molar-refractivity contribution in [1.82, 2.24) is 14.9 Å². The van der Waals surface area contributed by atoms with E-state index < -0.39 is 16.7 Å². The monoisotopic (exact) mass is 518 g/mol. The Morgan fingerprint density at radius 3 is 2.68 bits per heavy atom. The van der Waals surface area contributed by atoms with Crippen LogP contribution < -0.4 is 10.6 Å². The third-order valence-electron chi connectivity index (χ3n) is 5.37. The summed E-state index contributed by atoms with van der Waals surface area (Å²) < 4.78 is 28.4. The van der Waals surface area contributed by atoms with Crippen LogP contribution in [0.2, 0.25) is 5.02 Å². The number of halogens is 3. The Morgan fingerprint density at radius 1 is 1.14 bits per heavy atom. The Kier molecular flexibility index (Phi) is 7.72. The molecule has 4 rings (SSSR count). The van der Waals surface area contributed by atoms with Gasteiger partial charge in [0.1, 0.15) is 23.0 Å². The second kappa shape index (κ2) is 11.1. The van der Waals surface area contributed by atoms with E-state index in [1.807, 2.05) is 19.0 Å². The molecular weight excluding hydrogens is 498 g/mol. The van der Waals surface area contributed by atoms with E-state index in [1.165, 1.54) is 18.5 Å². The van der Waals surface area contributed by atoms with Gasteiger partial charge < -0.3 is 15.5 Å². The SMILES string of the molecule is CN(C)C/C=C/C(=O)Nc1ccc2ncnc(Nc3ccc(F)c(Cl)c3F)c2c1-c1cccc(C#N)c1. The first-order chi connectivity index (χ1) is 17.8. The second-order valence-corrected chi connectivity index (χ2v) is 8.68. The van der Waals surface area contributed by atoms with Crippen LogP contribution in [0, 0.1) is 23.0 Å². The van der Waals surface area contributed by atoms with Crippen LogP contribution in [0.25, 0.3) is 22.0 Å². The van der Waals surface area contributed by atoms with Crippen molar-refractivity contribution >= 4 is 45.6 Å². The summed E-state index contributed by atoms with van der Waals surface area (Å²) in [5.41, 5.74) is 2.35. The fraction of sp³-hybridized carbons (Fsp3) is 0.111. The van der Waals surface area contributed by atoms with E-state index in [1.54, 1.807) is 42.5 Å². The molecule has 3 aromatic carbocycles. The fourth-order valence-corrected chi connectivity index (χ4v) is 3.86. The molecule has 0 spiro atoms. The number of benzene rings is 3. The summed E-state index contributed by atoms with van der Waals surface area (Å²) >= 11 is 5.76. The summed E-state index contributed by atoms with van der Waals surface area (Å²) in [5.74, 6) is -2.03. The quantitative estimate of drug-likeness (QED) is 0.234. The maximum Gasteiger partial charge on any atom is 0.248 e. The average Bonchev–Trinajstić information content (AvgIpc) is 2.89. The summed E-state index contributed by atoms with van der Waals surface area (Å²) in [6.07, 6.45) is 4.45. The van der Waals surface area contributed by atoms with Crippen LogP contribution in [0.4, 0.5) is 26.0 Å². The summed E-state index contributed by atoms with van der Waals surface area (Å²) in [7, 11) is 3.77. The zero-order valence-electron chi connectivity index (χ0n) is 19.9. The summed E-state index contributed by atoms with van der Waals surface area (Å²) in [6.45, 7) is 0.579. The highest BCUT2D eigenvalue weighted by atomic mass is 35.5. The number of carbonyl (C=O) groups is 1. The molecule has 2 N–H and O–H groups in total. The molecule has 1 heterocycles. The van der Waals surface area contributed by atoms with Gasteiger partial charge in [0.15, 0.2) is 5.82 Å².